The number of pyridine rings is 1. The summed E-state index contributed by atoms with van der Waals surface area (Å²) < 4.78 is 7.37. The second kappa shape index (κ2) is 7.07. The van der Waals surface area contributed by atoms with Gasteiger partial charge in [0, 0.05) is 36.6 Å². The van der Waals surface area contributed by atoms with Crippen LogP contribution in [0.25, 0.3) is 11.0 Å². The summed E-state index contributed by atoms with van der Waals surface area (Å²) in [5, 5.41) is 0.582. The molecule has 6 nitrogen and oxygen atoms in total. The molecule has 1 saturated heterocycles. The Morgan fingerprint density at radius 3 is 2.66 bits per heavy atom. The molecule has 0 N–H and O–H groups in total. The molecule has 1 amide bonds. The number of hydrogen-bond donors (Lipinski definition) is 0. The Morgan fingerprint density at radius 1 is 1.09 bits per heavy atom. The zero-order chi connectivity index (χ0) is 22.0. The van der Waals surface area contributed by atoms with Gasteiger partial charge in [-0.25, -0.2) is 0 Å². The van der Waals surface area contributed by atoms with E-state index in [9.17, 15) is 9.59 Å². The number of hydrogen-bond acceptors (Lipinski definition) is 4. The smallest absolute Gasteiger partial charge is 0.261 e. The molecule has 3 aliphatic heterocycles. The lowest BCUT2D eigenvalue weighted by Crippen LogP contribution is -2.45. The molecule has 1 unspecified atom stereocenters. The summed E-state index contributed by atoms with van der Waals surface area (Å²) in [4.78, 5) is 31.8. The SMILES string of the molecule is CC(C)N1CCC(CN2C(=O)C3(CCn4c3cc3occc3c4=O)c3ccccc32)CC1. The molecule has 166 valence electrons. The predicted octanol–water partition coefficient (Wildman–Crippen LogP) is 3.75. The van der Waals surface area contributed by atoms with Crippen LogP contribution < -0.4 is 10.5 Å². The van der Waals surface area contributed by atoms with Crippen LogP contribution in [0.1, 0.15) is 44.4 Å². The molecule has 1 fully saturated rings. The number of furan rings is 1. The summed E-state index contributed by atoms with van der Waals surface area (Å²) in [5.74, 6) is 0.606. The molecule has 2 aromatic heterocycles. The molecular formula is C26H29N3O3. The van der Waals surface area contributed by atoms with Gasteiger partial charge in [0.05, 0.1) is 11.6 Å². The summed E-state index contributed by atoms with van der Waals surface area (Å²) in [7, 11) is 0. The van der Waals surface area contributed by atoms with Gasteiger partial charge in [0.25, 0.3) is 5.56 Å². The van der Waals surface area contributed by atoms with Crippen molar-refractivity contribution in [1.82, 2.24) is 9.47 Å². The summed E-state index contributed by atoms with van der Waals surface area (Å²) in [5.41, 5.74) is 2.51. The lowest BCUT2D eigenvalue weighted by atomic mass is 9.77. The van der Waals surface area contributed by atoms with Gasteiger partial charge in [-0.3, -0.25) is 9.59 Å². The Kier molecular flexibility index (Phi) is 4.37. The normalized spacial score (nSPS) is 23.6. The van der Waals surface area contributed by atoms with Crippen LogP contribution in [0, 0.1) is 5.92 Å². The minimum Gasteiger partial charge on any atom is -0.464 e. The van der Waals surface area contributed by atoms with E-state index in [1.165, 1.54) is 0 Å². The Bertz CT molecular complexity index is 1260. The average Bonchev–Trinajstić information content (AvgIpc) is 3.48. The Morgan fingerprint density at radius 2 is 1.88 bits per heavy atom. The van der Waals surface area contributed by atoms with E-state index in [-0.39, 0.29) is 11.5 Å². The minimum absolute atomic E-state index is 0.0621. The number of benzene rings is 1. The third kappa shape index (κ3) is 2.62. The fourth-order valence-electron chi connectivity index (χ4n) is 6.15. The first-order chi connectivity index (χ1) is 15.5. The van der Waals surface area contributed by atoms with Crippen LogP contribution in [0.5, 0.6) is 0 Å². The zero-order valence-corrected chi connectivity index (χ0v) is 18.7. The van der Waals surface area contributed by atoms with Crippen molar-refractivity contribution >= 4 is 22.6 Å². The maximum atomic E-state index is 14.2. The monoisotopic (exact) mass is 431 g/mol. The van der Waals surface area contributed by atoms with Gasteiger partial charge in [-0.05, 0) is 69.8 Å². The second-order valence-electron chi connectivity index (χ2n) is 9.85. The largest absolute Gasteiger partial charge is 0.464 e. The van der Waals surface area contributed by atoms with Crippen molar-refractivity contribution in [3.8, 4) is 0 Å². The van der Waals surface area contributed by atoms with Crippen molar-refractivity contribution in [3.05, 3.63) is 64.3 Å². The number of carbonyl (C=O) groups excluding carboxylic acids is 1. The number of amides is 1. The predicted molar refractivity (Wildman–Crippen MR) is 124 cm³/mol. The molecule has 1 aromatic carbocycles. The first-order valence-electron chi connectivity index (χ1n) is 11.8. The summed E-state index contributed by atoms with van der Waals surface area (Å²) >= 11 is 0. The highest BCUT2D eigenvalue weighted by Gasteiger charge is 2.56. The number of piperidine rings is 1. The highest BCUT2D eigenvalue weighted by atomic mass is 16.3. The molecule has 3 aliphatic rings. The van der Waals surface area contributed by atoms with Gasteiger partial charge >= 0.3 is 0 Å². The Labute approximate surface area is 187 Å². The Balaban J connectivity index is 1.40. The van der Waals surface area contributed by atoms with Gasteiger partial charge < -0.3 is 18.8 Å². The molecule has 3 aromatic rings. The highest BCUT2D eigenvalue weighted by Crippen LogP contribution is 2.51. The number of aromatic nitrogens is 1. The standard InChI is InChI=1S/C26H29N3O3/c1-17(2)27-11-7-18(8-12-27)16-29-21-6-4-3-5-20(21)26(25(29)31)10-13-28-23(26)15-22-19(24(28)30)9-14-32-22/h3-6,9,14-15,17-18H,7-8,10-13,16H2,1-2H3. The van der Waals surface area contributed by atoms with Crippen LogP contribution in [0.15, 0.2) is 51.9 Å². The Hall–Kier alpha value is -2.86. The molecule has 0 bridgehead atoms. The van der Waals surface area contributed by atoms with Crippen LogP contribution in [0.3, 0.4) is 0 Å². The maximum Gasteiger partial charge on any atom is 0.261 e. The van der Waals surface area contributed by atoms with Crippen molar-refractivity contribution in [2.75, 3.05) is 24.5 Å². The van der Waals surface area contributed by atoms with E-state index in [2.05, 4.69) is 30.9 Å². The first-order valence-corrected chi connectivity index (χ1v) is 11.8. The van der Waals surface area contributed by atoms with Crippen LogP contribution in [-0.2, 0) is 16.8 Å². The first kappa shape index (κ1) is 19.8. The zero-order valence-electron chi connectivity index (χ0n) is 18.7. The third-order valence-electron chi connectivity index (χ3n) is 7.96. The number of nitrogens with zero attached hydrogens (tertiary/aromatic N) is 3. The molecule has 6 rings (SSSR count). The van der Waals surface area contributed by atoms with Crippen molar-refractivity contribution in [3.63, 3.8) is 0 Å². The molecular weight excluding hydrogens is 402 g/mol. The van der Waals surface area contributed by atoms with E-state index in [1.807, 2.05) is 23.1 Å². The third-order valence-corrected chi connectivity index (χ3v) is 7.96. The summed E-state index contributed by atoms with van der Waals surface area (Å²) in [6, 6.07) is 12.4. The van der Waals surface area contributed by atoms with Gasteiger partial charge in [-0.2, -0.15) is 0 Å². The van der Waals surface area contributed by atoms with Crippen LogP contribution in [-0.4, -0.2) is 41.1 Å². The molecule has 5 heterocycles. The van der Waals surface area contributed by atoms with Crippen molar-refractivity contribution in [2.24, 2.45) is 5.92 Å². The van der Waals surface area contributed by atoms with Gasteiger partial charge in [0.1, 0.15) is 11.0 Å². The molecule has 1 spiro atoms. The average molecular weight is 432 g/mol. The van der Waals surface area contributed by atoms with E-state index in [0.29, 0.717) is 35.9 Å². The van der Waals surface area contributed by atoms with Crippen molar-refractivity contribution in [1.29, 1.82) is 0 Å². The number of rotatable bonds is 3. The quantitative estimate of drug-likeness (QED) is 0.634. The molecule has 0 aliphatic carbocycles. The minimum atomic E-state index is -0.796. The van der Waals surface area contributed by atoms with E-state index >= 15 is 0 Å². The van der Waals surface area contributed by atoms with Gasteiger partial charge in [-0.1, -0.05) is 18.2 Å². The number of likely N-dealkylation sites (tertiary alicyclic amines) is 1. The number of anilines is 1. The fourth-order valence-corrected chi connectivity index (χ4v) is 6.15. The van der Waals surface area contributed by atoms with E-state index in [4.69, 9.17) is 4.42 Å². The number of fused-ring (bicyclic) bond motifs is 5. The fraction of sp³-hybridized carbons (Fsp3) is 0.462. The topological polar surface area (TPSA) is 58.7 Å². The van der Waals surface area contributed by atoms with Crippen LogP contribution >= 0.6 is 0 Å². The molecule has 6 heteroatoms. The van der Waals surface area contributed by atoms with Crippen molar-refractivity contribution in [2.45, 2.75) is 51.1 Å². The summed E-state index contributed by atoms with van der Waals surface area (Å²) in [6.45, 7) is 7.98. The maximum absolute atomic E-state index is 14.2. The van der Waals surface area contributed by atoms with Gasteiger partial charge in [0.15, 0.2) is 0 Å². The van der Waals surface area contributed by atoms with Crippen LogP contribution in [0.4, 0.5) is 5.69 Å². The van der Waals surface area contributed by atoms with E-state index in [0.717, 1.165) is 49.4 Å². The second-order valence-corrected chi connectivity index (χ2v) is 9.85. The van der Waals surface area contributed by atoms with Gasteiger partial charge in [0.2, 0.25) is 5.91 Å². The van der Waals surface area contributed by atoms with E-state index < -0.39 is 5.41 Å². The molecule has 0 radical (unpaired) electrons. The van der Waals surface area contributed by atoms with Crippen molar-refractivity contribution < 1.29 is 9.21 Å². The summed E-state index contributed by atoms with van der Waals surface area (Å²) in [6.07, 6.45) is 4.39. The number of para-hydroxylation sites is 1. The lowest BCUT2D eigenvalue weighted by Gasteiger charge is -2.36. The molecule has 32 heavy (non-hydrogen) atoms. The molecule has 0 saturated carbocycles. The van der Waals surface area contributed by atoms with Gasteiger partial charge in [-0.15, -0.1) is 0 Å². The number of carbonyl (C=O) groups is 1. The highest BCUT2D eigenvalue weighted by molar-refractivity contribution is 6.10. The molecule has 1 atom stereocenters. The van der Waals surface area contributed by atoms with Crippen LogP contribution in [0.2, 0.25) is 0 Å². The van der Waals surface area contributed by atoms with E-state index in [1.54, 1.807) is 16.9 Å². The lowest BCUT2D eigenvalue weighted by molar-refractivity contribution is -0.122.